The lowest BCUT2D eigenvalue weighted by molar-refractivity contribution is -0.139. The Kier molecular flexibility index (Phi) is 5.55. The molecule has 3 aromatic rings. The number of nitrogens with one attached hydrogen (secondary N) is 1. The summed E-state index contributed by atoms with van der Waals surface area (Å²) in [4.78, 5) is 26.2. The number of benzene rings is 1. The van der Waals surface area contributed by atoms with E-state index in [2.05, 4.69) is 20.3 Å². The molecule has 2 aromatic heterocycles. The summed E-state index contributed by atoms with van der Waals surface area (Å²) in [6.45, 7) is 1.91. The van der Waals surface area contributed by atoms with Gasteiger partial charge in [-0.1, -0.05) is 18.2 Å². The smallest absolute Gasteiger partial charge is 0.331 e. The van der Waals surface area contributed by atoms with Gasteiger partial charge in [-0.2, -0.15) is 15.0 Å². The average Bonchev–Trinajstić information content (AvgIpc) is 3.04. The molecule has 0 aliphatic carbocycles. The molecular formula is C18H17N5O2S. The SMILES string of the molecule is Cc1ccc(/C=C/C(=O)OCc2nc(N)nc(Nc3ccccc3)n2)s1. The molecule has 2 heterocycles. The second-order valence-corrected chi connectivity index (χ2v) is 6.63. The fraction of sp³-hybridized carbons (Fsp3) is 0.111. The third-order valence-corrected chi connectivity index (χ3v) is 4.18. The highest BCUT2D eigenvalue weighted by Crippen LogP contribution is 2.16. The first-order valence-corrected chi connectivity index (χ1v) is 8.64. The summed E-state index contributed by atoms with van der Waals surface area (Å²) in [5.74, 6) is 0.130. The van der Waals surface area contributed by atoms with Crippen LogP contribution in [-0.2, 0) is 16.1 Å². The van der Waals surface area contributed by atoms with E-state index in [0.29, 0.717) is 5.95 Å². The molecule has 0 bridgehead atoms. The number of anilines is 3. The van der Waals surface area contributed by atoms with Crippen LogP contribution in [0.3, 0.4) is 0 Å². The molecule has 0 radical (unpaired) electrons. The third-order valence-electron chi connectivity index (χ3n) is 3.22. The number of rotatable bonds is 6. The predicted octanol–water partition coefficient (Wildman–Crippen LogP) is 3.32. The van der Waals surface area contributed by atoms with Crippen molar-refractivity contribution in [2.75, 3.05) is 11.1 Å². The minimum Gasteiger partial charge on any atom is -0.454 e. The molecule has 0 unspecified atom stereocenters. The van der Waals surface area contributed by atoms with Crippen LogP contribution in [0.25, 0.3) is 6.08 Å². The molecule has 132 valence electrons. The molecule has 8 heteroatoms. The number of ether oxygens (including phenoxy) is 1. The number of esters is 1. The Morgan fingerprint density at radius 2 is 2.00 bits per heavy atom. The maximum atomic E-state index is 11.8. The van der Waals surface area contributed by atoms with Gasteiger partial charge < -0.3 is 15.8 Å². The Balaban J connectivity index is 1.60. The van der Waals surface area contributed by atoms with Crippen molar-refractivity contribution < 1.29 is 9.53 Å². The van der Waals surface area contributed by atoms with Gasteiger partial charge in [-0.05, 0) is 37.3 Å². The molecule has 0 atom stereocenters. The highest BCUT2D eigenvalue weighted by atomic mass is 32.1. The summed E-state index contributed by atoms with van der Waals surface area (Å²) in [6.07, 6.45) is 3.09. The van der Waals surface area contributed by atoms with Crippen LogP contribution in [0.5, 0.6) is 0 Å². The van der Waals surface area contributed by atoms with Gasteiger partial charge in [0, 0.05) is 21.5 Å². The lowest BCUT2D eigenvalue weighted by atomic mass is 10.3. The van der Waals surface area contributed by atoms with Crippen LogP contribution in [0.1, 0.15) is 15.6 Å². The fourth-order valence-electron chi connectivity index (χ4n) is 2.09. The highest BCUT2D eigenvalue weighted by molar-refractivity contribution is 7.12. The van der Waals surface area contributed by atoms with Crippen molar-refractivity contribution in [3.8, 4) is 0 Å². The molecule has 3 N–H and O–H groups in total. The Bertz CT molecular complexity index is 924. The molecule has 0 aliphatic heterocycles. The molecule has 0 saturated carbocycles. The van der Waals surface area contributed by atoms with Gasteiger partial charge in [0.1, 0.15) is 0 Å². The zero-order chi connectivity index (χ0) is 18.4. The van der Waals surface area contributed by atoms with E-state index in [1.807, 2.05) is 49.4 Å². The minimum atomic E-state index is -0.479. The number of aryl methyl sites for hydroxylation is 1. The van der Waals surface area contributed by atoms with Crippen LogP contribution in [0.15, 0.2) is 48.5 Å². The van der Waals surface area contributed by atoms with E-state index in [1.54, 1.807) is 17.4 Å². The minimum absolute atomic E-state index is 0.0501. The Morgan fingerprint density at radius 3 is 2.73 bits per heavy atom. The van der Waals surface area contributed by atoms with E-state index >= 15 is 0 Å². The zero-order valence-electron chi connectivity index (χ0n) is 14.0. The molecule has 0 amide bonds. The van der Waals surface area contributed by atoms with Crippen LogP contribution in [0.4, 0.5) is 17.6 Å². The van der Waals surface area contributed by atoms with E-state index in [4.69, 9.17) is 10.5 Å². The maximum absolute atomic E-state index is 11.8. The predicted molar refractivity (Wildman–Crippen MR) is 102 cm³/mol. The molecule has 0 aliphatic rings. The number of nitrogens with zero attached hydrogens (tertiary/aromatic N) is 3. The van der Waals surface area contributed by atoms with Crippen LogP contribution < -0.4 is 11.1 Å². The number of hydrogen-bond donors (Lipinski definition) is 2. The normalized spacial score (nSPS) is 10.8. The first kappa shape index (κ1) is 17.6. The number of aromatic nitrogens is 3. The van der Waals surface area contributed by atoms with Gasteiger partial charge in [0.2, 0.25) is 11.9 Å². The lowest BCUT2D eigenvalue weighted by Gasteiger charge is -2.07. The average molecular weight is 367 g/mol. The fourth-order valence-corrected chi connectivity index (χ4v) is 2.87. The molecule has 7 nitrogen and oxygen atoms in total. The Hall–Kier alpha value is -3.26. The first-order chi connectivity index (χ1) is 12.6. The summed E-state index contributed by atoms with van der Waals surface area (Å²) in [6, 6.07) is 13.4. The molecule has 26 heavy (non-hydrogen) atoms. The van der Waals surface area contributed by atoms with Crippen molar-refractivity contribution in [3.63, 3.8) is 0 Å². The van der Waals surface area contributed by atoms with Gasteiger partial charge in [-0.3, -0.25) is 0 Å². The maximum Gasteiger partial charge on any atom is 0.331 e. The summed E-state index contributed by atoms with van der Waals surface area (Å²) in [5.41, 5.74) is 6.52. The number of carbonyl (C=O) groups excluding carboxylic acids is 1. The number of nitrogen functional groups attached to an aromatic ring is 1. The van der Waals surface area contributed by atoms with Gasteiger partial charge in [0.25, 0.3) is 0 Å². The largest absolute Gasteiger partial charge is 0.454 e. The van der Waals surface area contributed by atoms with E-state index in [1.165, 1.54) is 11.0 Å². The summed E-state index contributed by atoms with van der Waals surface area (Å²) in [7, 11) is 0. The van der Waals surface area contributed by atoms with Crippen molar-refractivity contribution in [2.45, 2.75) is 13.5 Å². The lowest BCUT2D eigenvalue weighted by Crippen LogP contribution is -2.10. The summed E-state index contributed by atoms with van der Waals surface area (Å²) < 4.78 is 5.16. The highest BCUT2D eigenvalue weighted by Gasteiger charge is 2.07. The van der Waals surface area contributed by atoms with Crippen LogP contribution in [0, 0.1) is 6.92 Å². The molecule has 1 aromatic carbocycles. The second kappa shape index (κ2) is 8.21. The number of thiophene rings is 1. The molecule has 0 spiro atoms. The van der Waals surface area contributed by atoms with Crippen molar-refractivity contribution in [3.05, 3.63) is 64.1 Å². The first-order valence-electron chi connectivity index (χ1n) is 7.82. The van der Waals surface area contributed by atoms with E-state index in [-0.39, 0.29) is 18.4 Å². The van der Waals surface area contributed by atoms with Gasteiger partial charge in [0.05, 0.1) is 0 Å². The number of hydrogen-bond acceptors (Lipinski definition) is 8. The summed E-state index contributed by atoms with van der Waals surface area (Å²) in [5, 5.41) is 3.03. The van der Waals surface area contributed by atoms with Crippen LogP contribution in [-0.4, -0.2) is 20.9 Å². The van der Waals surface area contributed by atoms with Crippen LogP contribution in [0.2, 0.25) is 0 Å². The second-order valence-electron chi connectivity index (χ2n) is 5.31. The van der Waals surface area contributed by atoms with Gasteiger partial charge in [0.15, 0.2) is 12.4 Å². The number of carbonyl (C=O) groups is 1. The molecular weight excluding hydrogens is 350 g/mol. The zero-order valence-corrected chi connectivity index (χ0v) is 14.9. The molecule has 3 rings (SSSR count). The molecule has 0 fully saturated rings. The van der Waals surface area contributed by atoms with E-state index in [0.717, 1.165) is 10.6 Å². The van der Waals surface area contributed by atoms with Gasteiger partial charge >= 0.3 is 5.97 Å². The Morgan fingerprint density at radius 1 is 1.19 bits per heavy atom. The van der Waals surface area contributed by atoms with Gasteiger partial charge in [-0.25, -0.2) is 4.79 Å². The van der Waals surface area contributed by atoms with Gasteiger partial charge in [-0.15, -0.1) is 11.3 Å². The van der Waals surface area contributed by atoms with Crippen molar-refractivity contribution in [1.82, 2.24) is 15.0 Å². The van der Waals surface area contributed by atoms with Crippen molar-refractivity contribution in [2.24, 2.45) is 0 Å². The number of nitrogens with two attached hydrogens (primary N) is 1. The quantitative estimate of drug-likeness (QED) is 0.509. The Labute approximate surface area is 154 Å². The van der Waals surface area contributed by atoms with E-state index < -0.39 is 5.97 Å². The van der Waals surface area contributed by atoms with Crippen LogP contribution >= 0.6 is 11.3 Å². The monoisotopic (exact) mass is 367 g/mol. The van der Waals surface area contributed by atoms with Crippen molar-refractivity contribution in [1.29, 1.82) is 0 Å². The standard InChI is InChI=1S/C18H17N5O2S/c1-12-7-8-14(26-12)9-10-16(24)25-11-15-21-17(19)23-18(22-15)20-13-5-3-2-4-6-13/h2-10H,11H2,1H3,(H3,19,20,21,22,23)/b10-9+. The van der Waals surface area contributed by atoms with E-state index in [9.17, 15) is 4.79 Å². The van der Waals surface area contributed by atoms with Crippen molar-refractivity contribution >= 4 is 41.0 Å². The third kappa shape index (κ3) is 5.12. The number of para-hydroxylation sites is 1. The molecule has 0 saturated heterocycles. The summed E-state index contributed by atoms with van der Waals surface area (Å²) >= 11 is 1.60. The topological polar surface area (TPSA) is 103 Å².